The summed E-state index contributed by atoms with van der Waals surface area (Å²) in [7, 11) is 1.74. The lowest BCUT2D eigenvalue weighted by molar-refractivity contribution is -0.137. The van der Waals surface area contributed by atoms with Gasteiger partial charge in [0.25, 0.3) is 5.56 Å². The van der Waals surface area contributed by atoms with Gasteiger partial charge in [0.15, 0.2) is 0 Å². The van der Waals surface area contributed by atoms with Crippen molar-refractivity contribution in [3.63, 3.8) is 0 Å². The summed E-state index contributed by atoms with van der Waals surface area (Å²) in [5.41, 5.74) is 4.12. The monoisotopic (exact) mass is 620 g/mol. The van der Waals surface area contributed by atoms with Gasteiger partial charge in [-0.1, -0.05) is 30.3 Å². The van der Waals surface area contributed by atoms with E-state index in [1.54, 1.807) is 53.7 Å². The third kappa shape index (κ3) is 6.00. The number of pyridine rings is 1. The van der Waals surface area contributed by atoms with Crippen molar-refractivity contribution in [2.45, 2.75) is 53.9 Å². The van der Waals surface area contributed by atoms with E-state index in [1.165, 1.54) is 5.56 Å². The average Bonchev–Trinajstić information content (AvgIpc) is 3.69. The number of anilines is 2. The smallest absolute Gasteiger partial charge is 0.261 e. The van der Waals surface area contributed by atoms with Crippen molar-refractivity contribution >= 4 is 34.2 Å². The molecule has 0 bridgehead atoms. The first-order valence-electron chi connectivity index (χ1n) is 15.6. The van der Waals surface area contributed by atoms with Gasteiger partial charge in [-0.3, -0.25) is 19.3 Å². The quantitative estimate of drug-likeness (QED) is 0.199. The van der Waals surface area contributed by atoms with Crippen LogP contribution in [-0.2, 0) is 35.8 Å². The predicted octanol–water partition coefficient (Wildman–Crippen LogP) is 5.21. The molecule has 2 amide bonds. The van der Waals surface area contributed by atoms with E-state index in [0.717, 1.165) is 23.4 Å². The summed E-state index contributed by atoms with van der Waals surface area (Å²) in [5.74, 6) is 0.272. The molecule has 0 atom stereocenters. The fourth-order valence-electron chi connectivity index (χ4n) is 6.32. The molecule has 0 unspecified atom stereocenters. The highest BCUT2D eigenvalue weighted by molar-refractivity contribution is 6.19. The minimum atomic E-state index is -1.17. The average molecular weight is 621 g/mol. The molecule has 3 aromatic heterocycles. The number of fused-ring (bicyclic) bond motifs is 2. The van der Waals surface area contributed by atoms with E-state index in [2.05, 4.69) is 34.1 Å². The van der Waals surface area contributed by atoms with Crippen LogP contribution in [0.2, 0.25) is 0 Å². The van der Waals surface area contributed by atoms with Gasteiger partial charge in [-0.2, -0.15) is 0 Å². The van der Waals surface area contributed by atoms with E-state index in [4.69, 9.17) is 4.42 Å². The first-order chi connectivity index (χ1) is 22.0. The molecule has 10 heteroatoms. The number of benzene rings is 2. The van der Waals surface area contributed by atoms with Gasteiger partial charge in [0.1, 0.15) is 16.8 Å². The Bertz CT molecular complexity index is 1950. The lowest BCUT2D eigenvalue weighted by Crippen LogP contribution is -2.47. The van der Waals surface area contributed by atoms with Crippen LogP contribution in [0.4, 0.5) is 11.4 Å². The number of furan rings is 1. The summed E-state index contributed by atoms with van der Waals surface area (Å²) in [6.07, 6.45) is 7.32. The van der Waals surface area contributed by atoms with Crippen LogP contribution >= 0.6 is 0 Å². The molecule has 0 fully saturated rings. The highest BCUT2D eigenvalue weighted by Gasteiger charge is 2.45. The van der Waals surface area contributed by atoms with Crippen molar-refractivity contribution in [2.24, 2.45) is 5.41 Å². The summed E-state index contributed by atoms with van der Waals surface area (Å²) in [5, 5.41) is 0.579. The Morgan fingerprint density at radius 2 is 1.65 bits per heavy atom. The number of imidazole rings is 1. The summed E-state index contributed by atoms with van der Waals surface area (Å²) in [6, 6.07) is 18.1. The van der Waals surface area contributed by atoms with Crippen LogP contribution in [0, 0.1) is 12.3 Å². The number of aromatic nitrogens is 3. The lowest BCUT2D eigenvalue weighted by Gasteiger charge is -2.27. The Labute approximate surface area is 268 Å². The molecule has 0 radical (unpaired) electrons. The van der Waals surface area contributed by atoms with Crippen molar-refractivity contribution in [1.29, 1.82) is 0 Å². The summed E-state index contributed by atoms with van der Waals surface area (Å²) in [4.78, 5) is 49.8. The first kappa shape index (κ1) is 31.0. The highest BCUT2D eigenvalue weighted by Crippen LogP contribution is 2.39. The van der Waals surface area contributed by atoms with Crippen molar-refractivity contribution in [3.05, 3.63) is 112 Å². The standard InChI is InChI=1S/C36H40N6O4/c1-6-42-30-11-10-28(20-31(30)38(5)34(44)36(3,4)35(42)45)22-39(16-17-41-14-12-32-29(33(41)43)18-25(2)46-32)21-26-8-7-9-27(19-26)23-40-15-13-37-24-40/h7-15,18-20,24H,6,16-17,21-23H2,1-5H3. The van der Waals surface area contributed by atoms with Gasteiger partial charge in [-0.15, -0.1) is 0 Å². The summed E-state index contributed by atoms with van der Waals surface area (Å²) < 4.78 is 9.43. The fraction of sp³-hybridized carbons (Fsp3) is 0.333. The van der Waals surface area contributed by atoms with Crippen LogP contribution in [0.15, 0.2) is 88.7 Å². The number of nitrogens with zero attached hydrogens (tertiary/aromatic N) is 6. The van der Waals surface area contributed by atoms with E-state index in [9.17, 15) is 14.4 Å². The van der Waals surface area contributed by atoms with Crippen LogP contribution in [0.3, 0.4) is 0 Å². The highest BCUT2D eigenvalue weighted by atomic mass is 16.3. The van der Waals surface area contributed by atoms with Gasteiger partial charge in [0, 0.05) is 64.9 Å². The molecule has 10 nitrogen and oxygen atoms in total. The normalized spacial score (nSPS) is 14.7. The molecule has 6 rings (SSSR count). The van der Waals surface area contributed by atoms with Crippen LogP contribution in [-0.4, -0.2) is 51.0 Å². The minimum absolute atomic E-state index is 0.0752. The first-order valence-corrected chi connectivity index (χ1v) is 15.6. The van der Waals surface area contributed by atoms with Gasteiger partial charge >= 0.3 is 0 Å². The second-order valence-corrected chi connectivity index (χ2v) is 12.6. The zero-order valence-electron chi connectivity index (χ0n) is 27.1. The number of hydrogen-bond acceptors (Lipinski definition) is 6. The second-order valence-electron chi connectivity index (χ2n) is 12.6. The number of amides is 2. The van der Waals surface area contributed by atoms with Gasteiger partial charge in [0.2, 0.25) is 11.8 Å². The van der Waals surface area contributed by atoms with Gasteiger partial charge in [0.05, 0.1) is 23.1 Å². The number of carbonyl (C=O) groups is 2. The maximum atomic E-state index is 13.4. The van der Waals surface area contributed by atoms with E-state index in [1.807, 2.05) is 55.2 Å². The molecule has 238 valence electrons. The number of hydrogen-bond donors (Lipinski definition) is 0. The second kappa shape index (κ2) is 12.4. The number of rotatable bonds is 10. The fourth-order valence-corrected chi connectivity index (χ4v) is 6.32. The van der Waals surface area contributed by atoms with Crippen LogP contribution in [0.1, 0.15) is 43.2 Å². The number of carbonyl (C=O) groups excluding carboxylic acids is 2. The molecule has 0 N–H and O–H groups in total. The van der Waals surface area contributed by atoms with Crippen molar-refractivity contribution in [1.82, 2.24) is 19.0 Å². The molecule has 0 saturated carbocycles. The van der Waals surface area contributed by atoms with Crippen LogP contribution in [0.5, 0.6) is 0 Å². The molecule has 46 heavy (non-hydrogen) atoms. The van der Waals surface area contributed by atoms with Crippen molar-refractivity contribution in [3.8, 4) is 0 Å². The Kier molecular flexibility index (Phi) is 8.39. The van der Waals surface area contributed by atoms with Crippen molar-refractivity contribution in [2.75, 3.05) is 29.9 Å². The molecule has 2 aromatic carbocycles. The molecule has 4 heterocycles. The topological polar surface area (TPSA) is 96.8 Å². The number of aryl methyl sites for hydroxylation is 1. The van der Waals surface area contributed by atoms with Gasteiger partial charge in [-0.25, -0.2) is 4.98 Å². The molecule has 0 aliphatic carbocycles. The predicted molar refractivity (Wildman–Crippen MR) is 179 cm³/mol. The van der Waals surface area contributed by atoms with E-state index in [-0.39, 0.29) is 17.4 Å². The SMILES string of the molecule is CCN1C(=O)C(C)(C)C(=O)N(C)c2cc(CN(CCn3ccc4oc(C)cc4c3=O)Cc3cccc(Cn4ccnc4)c3)ccc21. The zero-order chi connectivity index (χ0) is 32.6. The third-order valence-electron chi connectivity index (χ3n) is 8.79. The molecular weight excluding hydrogens is 580 g/mol. The van der Waals surface area contributed by atoms with Crippen LogP contribution in [0.25, 0.3) is 11.0 Å². The van der Waals surface area contributed by atoms with Crippen LogP contribution < -0.4 is 15.4 Å². The lowest BCUT2D eigenvalue weighted by atomic mass is 9.90. The molecule has 0 spiro atoms. The molecule has 1 aliphatic rings. The maximum Gasteiger partial charge on any atom is 0.261 e. The Morgan fingerprint density at radius 1 is 0.891 bits per heavy atom. The van der Waals surface area contributed by atoms with E-state index >= 15 is 0 Å². The third-order valence-corrected chi connectivity index (χ3v) is 8.79. The Morgan fingerprint density at radius 3 is 2.39 bits per heavy atom. The molecular formula is C36H40N6O4. The molecule has 1 aliphatic heterocycles. The largest absolute Gasteiger partial charge is 0.461 e. The van der Waals surface area contributed by atoms with Gasteiger partial charge < -0.3 is 23.4 Å². The minimum Gasteiger partial charge on any atom is -0.461 e. The Balaban J connectivity index is 1.30. The van der Waals surface area contributed by atoms with E-state index in [0.29, 0.717) is 55.1 Å². The zero-order valence-corrected chi connectivity index (χ0v) is 27.1. The van der Waals surface area contributed by atoms with E-state index < -0.39 is 5.41 Å². The molecule has 5 aromatic rings. The molecule has 0 saturated heterocycles. The summed E-state index contributed by atoms with van der Waals surface area (Å²) >= 11 is 0. The Hall–Kier alpha value is -4.96. The summed E-state index contributed by atoms with van der Waals surface area (Å²) in [6.45, 7) is 10.7. The van der Waals surface area contributed by atoms with Crippen molar-refractivity contribution < 1.29 is 14.0 Å². The maximum absolute atomic E-state index is 13.4. The van der Waals surface area contributed by atoms with Gasteiger partial charge in [-0.05, 0) is 68.7 Å².